The second-order valence-electron chi connectivity index (χ2n) is 8.93. The highest BCUT2D eigenvalue weighted by Gasteiger charge is 2.21. The Hall–Kier alpha value is -4.37. The van der Waals surface area contributed by atoms with Crippen LogP contribution in [0.25, 0.3) is 22.2 Å². The maximum absolute atomic E-state index is 13.6. The number of nitrogens with one attached hydrogen (secondary N) is 1. The van der Waals surface area contributed by atoms with E-state index in [0.717, 1.165) is 12.8 Å². The molecule has 0 aliphatic carbocycles. The largest absolute Gasteiger partial charge is 0.493 e. The predicted molar refractivity (Wildman–Crippen MR) is 154 cm³/mol. The first-order valence-corrected chi connectivity index (χ1v) is 13.3. The molecule has 208 valence electrons. The Balaban J connectivity index is 1.56. The topological polar surface area (TPSA) is 109 Å². The number of hydrogen-bond acceptors (Lipinski definition) is 7. The molecule has 10 heteroatoms. The van der Waals surface area contributed by atoms with Crippen LogP contribution in [0.15, 0.2) is 71.7 Å². The summed E-state index contributed by atoms with van der Waals surface area (Å²) in [5.41, 5.74) is 1.83. The number of aryl methyl sites for hydroxylation is 1. The molecule has 1 amide bonds. The Labute approximate surface area is 236 Å². The van der Waals surface area contributed by atoms with Crippen LogP contribution in [-0.2, 0) is 16.0 Å². The molecule has 2 aromatic carbocycles. The van der Waals surface area contributed by atoms with Gasteiger partial charge in [0.25, 0.3) is 5.56 Å². The van der Waals surface area contributed by atoms with Gasteiger partial charge in [0, 0.05) is 35.1 Å². The molecule has 1 N–H and O–H groups in total. The zero-order valence-electron chi connectivity index (χ0n) is 22.3. The molecular weight excluding hydrogens is 534 g/mol. The molecule has 0 aliphatic rings. The normalized spacial score (nSPS) is 10.8. The standard InChI is InChI=1S/C30H30ClN3O6/c1-3-4-15-34-27-24(13-7-14-32-27)25(26(28(34)35)33-30(37)38-2)20-9-6-12-23(19-20)39-16-8-17-40-29(36)21-10-5-11-22(31)18-21/h5-7,9-14,18-19H,3-4,8,15-17H2,1-2H3,(H,33,37). The van der Waals surface area contributed by atoms with E-state index in [1.165, 1.54) is 7.11 Å². The Morgan fingerprint density at radius 3 is 2.62 bits per heavy atom. The number of esters is 1. The van der Waals surface area contributed by atoms with Gasteiger partial charge >= 0.3 is 12.1 Å². The molecule has 0 radical (unpaired) electrons. The summed E-state index contributed by atoms with van der Waals surface area (Å²) in [6, 6.07) is 17.4. The van der Waals surface area contributed by atoms with E-state index < -0.39 is 12.1 Å². The lowest BCUT2D eigenvalue weighted by Gasteiger charge is -2.18. The lowest BCUT2D eigenvalue weighted by atomic mass is 10.00. The number of carbonyl (C=O) groups excluding carboxylic acids is 2. The van der Waals surface area contributed by atoms with Crippen molar-refractivity contribution >= 4 is 40.4 Å². The van der Waals surface area contributed by atoms with Gasteiger partial charge in [0.1, 0.15) is 17.1 Å². The first-order valence-electron chi connectivity index (χ1n) is 12.9. The molecule has 0 unspecified atom stereocenters. The van der Waals surface area contributed by atoms with Gasteiger partial charge in [0.05, 0.1) is 25.9 Å². The van der Waals surface area contributed by atoms with Crippen molar-refractivity contribution in [3.63, 3.8) is 0 Å². The highest BCUT2D eigenvalue weighted by Crippen LogP contribution is 2.34. The van der Waals surface area contributed by atoms with Crippen LogP contribution in [0.2, 0.25) is 5.02 Å². The summed E-state index contributed by atoms with van der Waals surface area (Å²) >= 11 is 5.93. The molecule has 0 fully saturated rings. The van der Waals surface area contributed by atoms with E-state index in [2.05, 4.69) is 10.3 Å². The van der Waals surface area contributed by atoms with Gasteiger partial charge in [0.2, 0.25) is 0 Å². The highest BCUT2D eigenvalue weighted by molar-refractivity contribution is 6.30. The summed E-state index contributed by atoms with van der Waals surface area (Å²) in [5, 5.41) is 3.79. The fraction of sp³-hybridized carbons (Fsp3) is 0.267. The number of halogens is 1. The third-order valence-corrected chi connectivity index (χ3v) is 6.38. The van der Waals surface area contributed by atoms with Crippen LogP contribution in [0, 0.1) is 0 Å². The number of methoxy groups -OCH3 is 1. The molecule has 2 aromatic heterocycles. The summed E-state index contributed by atoms with van der Waals surface area (Å²) in [6.07, 6.45) is 3.02. The van der Waals surface area contributed by atoms with Gasteiger partial charge in [-0.2, -0.15) is 0 Å². The number of rotatable bonds is 11. The minimum absolute atomic E-state index is 0.105. The van der Waals surface area contributed by atoms with Crippen molar-refractivity contribution in [2.45, 2.75) is 32.7 Å². The predicted octanol–water partition coefficient (Wildman–Crippen LogP) is 6.32. The summed E-state index contributed by atoms with van der Waals surface area (Å²) in [5.74, 6) is 0.0965. The number of amides is 1. The lowest BCUT2D eigenvalue weighted by Crippen LogP contribution is -2.28. The first-order chi connectivity index (χ1) is 19.4. The minimum Gasteiger partial charge on any atom is -0.493 e. The van der Waals surface area contributed by atoms with E-state index in [1.54, 1.807) is 59.3 Å². The third kappa shape index (κ3) is 6.79. The van der Waals surface area contributed by atoms with Gasteiger partial charge < -0.3 is 14.2 Å². The lowest BCUT2D eigenvalue weighted by molar-refractivity contribution is 0.0486. The number of carbonyl (C=O) groups is 2. The van der Waals surface area contributed by atoms with E-state index in [4.69, 9.17) is 25.8 Å². The van der Waals surface area contributed by atoms with E-state index in [0.29, 0.717) is 58.1 Å². The molecular formula is C30H30ClN3O6. The van der Waals surface area contributed by atoms with Crippen LogP contribution in [0.5, 0.6) is 5.75 Å². The molecule has 4 rings (SSSR count). The third-order valence-electron chi connectivity index (χ3n) is 6.14. The highest BCUT2D eigenvalue weighted by atomic mass is 35.5. The second kappa shape index (κ2) is 13.6. The number of aromatic nitrogens is 2. The number of fused-ring (bicyclic) bond motifs is 1. The van der Waals surface area contributed by atoms with Crippen molar-refractivity contribution in [2.24, 2.45) is 0 Å². The van der Waals surface area contributed by atoms with Crippen molar-refractivity contribution in [1.29, 1.82) is 0 Å². The van der Waals surface area contributed by atoms with E-state index in [-0.39, 0.29) is 17.9 Å². The molecule has 0 saturated heterocycles. The van der Waals surface area contributed by atoms with E-state index in [1.807, 2.05) is 19.1 Å². The number of ether oxygens (including phenoxy) is 3. The minimum atomic E-state index is -0.747. The second-order valence-corrected chi connectivity index (χ2v) is 9.36. The van der Waals surface area contributed by atoms with Gasteiger partial charge in [0.15, 0.2) is 0 Å². The van der Waals surface area contributed by atoms with E-state index in [9.17, 15) is 14.4 Å². The number of benzene rings is 2. The number of unbranched alkanes of at least 4 members (excludes halogenated alkanes) is 1. The summed E-state index contributed by atoms with van der Waals surface area (Å²) < 4.78 is 17.6. The van der Waals surface area contributed by atoms with Gasteiger partial charge in [-0.05, 0) is 54.4 Å². The van der Waals surface area contributed by atoms with Gasteiger partial charge in [-0.15, -0.1) is 0 Å². The van der Waals surface area contributed by atoms with Crippen LogP contribution in [-0.4, -0.2) is 41.9 Å². The molecule has 0 aliphatic heterocycles. The van der Waals surface area contributed by atoms with Gasteiger partial charge in [-0.3, -0.25) is 14.7 Å². The number of anilines is 1. The molecule has 9 nitrogen and oxygen atoms in total. The molecule has 0 atom stereocenters. The molecule has 0 saturated carbocycles. The fourth-order valence-corrected chi connectivity index (χ4v) is 4.42. The maximum atomic E-state index is 13.6. The van der Waals surface area contributed by atoms with Crippen molar-refractivity contribution < 1.29 is 23.8 Å². The molecule has 2 heterocycles. The van der Waals surface area contributed by atoms with Crippen molar-refractivity contribution in [1.82, 2.24) is 9.55 Å². The average Bonchev–Trinajstić information content (AvgIpc) is 2.97. The summed E-state index contributed by atoms with van der Waals surface area (Å²) in [4.78, 5) is 42.5. The summed E-state index contributed by atoms with van der Waals surface area (Å²) in [6.45, 7) is 2.96. The Morgan fingerprint density at radius 1 is 1.02 bits per heavy atom. The average molecular weight is 564 g/mol. The SMILES string of the molecule is CCCCn1c(=O)c(NC(=O)OC)c(-c2cccc(OCCCOC(=O)c3cccc(Cl)c3)c2)c2cccnc21. The molecule has 4 aromatic rings. The van der Waals surface area contributed by atoms with Crippen LogP contribution < -0.4 is 15.6 Å². The monoisotopic (exact) mass is 563 g/mol. The van der Waals surface area contributed by atoms with Crippen LogP contribution in [0.3, 0.4) is 0 Å². The Kier molecular flexibility index (Phi) is 9.75. The number of nitrogens with zero attached hydrogens (tertiary/aromatic N) is 2. The quantitative estimate of drug-likeness (QED) is 0.168. The maximum Gasteiger partial charge on any atom is 0.411 e. The number of hydrogen-bond donors (Lipinski definition) is 1. The van der Waals surface area contributed by atoms with Gasteiger partial charge in [-0.25, -0.2) is 14.6 Å². The van der Waals surface area contributed by atoms with Crippen LogP contribution >= 0.6 is 11.6 Å². The molecule has 0 bridgehead atoms. The van der Waals surface area contributed by atoms with E-state index >= 15 is 0 Å². The zero-order chi connectivity index (χ0) is 28.5. The van der Waals surface area contributed by atoms with Gasteiger partial charge in [-0.1, -0.05) is 43.1 Å². The Bertz CT molecular complexity index is 1570. The van der Waals surface area contributed by atoms with Crippen LogP contribution in [0.4, 0.5) is 10.5 Å². The zero-order valence-corrected chi connectivity index (χ0v) is 23.1. The molecule has 40 heavy (non-hydrogen) atoms. The number of pyridine rings is 2. The Morgan fingerprint density at radius 2 is 1.85 bits per heavy atom. The first kappa shape index (κ1) is 28.6. The fourth-order valence-electron chi connectivity index (χ4n) is 4.23. The van der Waals surface area contributed by atoms with Crippen molar-refractivity contribution in [3.05, 3.63) is 87.8 Å². The smallest absolute Gasteiger partial charge is 0.411 e. The summed E-state index contributed by atoms with van der Waals surface area (Å²) in [7, 11) is 1.24. The van der Waals surface area contributed by atoms with Crippen LogP contribution in [0.1, 0.15) is 36.5 Å². The molecule has 0 spiro atoms. The van der Waals surface area contributed by atoms with Crippen molar-refractivity contribution in [3.8, 4) is 16.9 Å². The van der Waals surface area contributed by atoms with Crippen molar-refractivity contribution in [2.75, 3.05) is 25.6 Å².